The van der Waals surface area contributed by atoms with Crippen molar-refractivity contribution in [3.8, 4) is 23.4 Å². The van der Waals surface area contributed by atoms with Gasteiger partial charge in [0.25, 0.3) is 0 Å². The fraction of sp³-hybridized carbons (Fsp3) is 0.0968. The fourth-order valence-electron chi connectivity index (χ4n) is 4.95. The summed E-state index contributed by atoms with van der Waals surface area (Å²) in [4.78, 5) is 18.6. The van der Waals surface area contributed by atoms with Gasteiger partial charge in [0.15, 0.2) is 0 Å². The molecule has 7 rings (SSSR count). The Bertz CT molecular complexity index is 1960. The standard InChI is InChI=1S/C31H23N5O2/c1-19(2)21-9-7-12-25-29(21)30-22(31-34-23-10-3-4-11-24(23)36(25)31)17-20(18-33-30)37-27-14-8-15-28(35-27)38-26-13-5-6-16-32-26/h3-19H,1-2H3. The summed E-state index contributed by atoms with van der Waals surface area (Å²) in [6.07, 6.45) is 3.41. The third-order valence-corrected chi connectivity index (χ3v) is 6.61. The van der Waals surface area contributed by atoms with Crippen molar-refractivity contribution in [2.75, 3.05) is 0 Å². The van der Waals surface area contributed by atoms with E-state index in [9.17, 15) is 0 Å². The van der Waals surface area contributed by atoms with Crippen LogP contribution >= 0.6 is 0 Å². The number of aromatic nitrogens is 5. The second-order valence-corrected chi connectivity index (χ2v) is 9.41. The minimum absolute atomic E-state index is 0.331. The minimum Gasteiger partial charge on any atom is -0.437 e. The zero-order chi connectivity index (χ0) is 25.6. The maximum atomic E-state index is 6.17. The molecule has 0 saturated heterocycles. The van der Waals surface area contributed by atoms with Crippen LogP contribution in [0.3, 0.4) is 0 Å². The van der Waals surface area contributed by atoms with Crippen molar-refractivity contribution in [3.63, 3.8) is 0 Å². The van der Waals surface area contributed by atoms with E-state index in [1.165, 1.54) is 5.56 Å². The topological polar surface area (TPSA) is 74.4 Å². The summed E-state index contributed by atoms with van der Waals surface area (Å²) in [5.74, 6) is 2.15. The molecule has 2 aromatic carbocycles. The molecule has 7 nitrogen and oxygen atoms in total. The number of fused-ring (bicyclic) bond motifs is 8. The molecular weight excluding hydrogens is 474 g/mol. The summed E-state index contributed by atoms with van der Waals surface area (Å²) in [6.45, 7) is 4.42. The van der Waals surface area contributed by atoms with E-state index in [1.807, 2.05) is 42.5 Å². The van der Waals surface area contributed by atoms with Gasteiger partial charge in [0, 0.05) is 35.2 Å². The van der Waals surface area contributed by atoms with E-state index in [0.717, 1.165) is 38.5 Å². The van der Waals surface area contributed by atoms with Gasteiger partial charge in [-0.1, -0.05) is 50.2 Å². The summed E-state index contributed by atoms with van der Waals surface area (Å²) >= 11 is 0. The first-order valence-corrected chi connectivity index (χ1v) is 12.5. The molecule has 38 heavy (non-hydrogen) atoms. The highest BCUT2D eigenvalue weighted by Gasteiger charge is 2.18. The predicted molar refractivity (Wildman–Crippen MR) is 148 cm³/mol. The highest BCUT2D eigenvalue weighted by atomic mass is 16.5. The van der Waals surface area contributed by atoms with Crippen LogP contribution in [-0.2, 0) is 0 Å². The van der Waals surface area contributed by atoms with Crippen LogP contribution in [0.25, 0.3) is 38.5 Å². The van der Waals surface area contributed by atoms with Crippen molar-refractivity contribution in [1.82, 2.24) is 24.3 Å². The van der Waals surface area contributed by atoms with Crippen molar-refractivity contribution >= 4 is 38.5 Å². The molecule has 0 bridgehead atoms. The molecule has 5 heterocycles. The summed E-state index contributed by atoms with van der Waals surface area (Å²) in [7, 11) is 0. The van der Waals surface area contributed by atoms with Crippen LogP contribution in [-0.4, -0.2) is 24.3 Å². The summed E-state index contributed by atoms with van der Waals surface area (Å²) in [6, 6.07) is 27.5. The zero-order valence-corrected chi connectivity index (χ0v) is 20.9. The van der Waals surface area contributed by atoms with Crippen molar-refractivity contribution in [2.45, 2.75) is 19.8 Å². The lowest BCUT2D eigenvalue weighted by molar-refractivity contribution is 0.417. The maximum Gasteiger partial charge on any atom is 0.224 e. The normalized spacial score (nSPS) is 11.7. The van der Waals surface area contributed by atoms with Crippen LogP contribution in [0, 0.1) is 0 Å². The molecule has 5 aromatic heterocycles. The fourth-order valence-corrected chi connectivity index (χ4v) is 4.95. The summed E-state index contributed by atoms with van der Waals surface area (Å²) < 4.78 is 14.2. The first-order valence-electron chi connectivity index (χ1n) is 12.5. The van der Waals surface area contributed by atoms with Crippen LogP contribution in [0.15, 0.2) is 97.3 Å². The predicted octanol–water partition coefficient (Wildman–Crippen LogP) is 7.69. The number of nitrogens with zero attached hydrogens (tertiary/aromatic N) is 5. The highest BCUT2D eigenvalue weighted by molar-refractivity contribution is 6.13. The summed E-state index contributed by atoms with van der Waals surface area (Å²) in [5.41, 5.74) is 6.07. The van der Waals surface area contributed by atoms with E-state index < -0.39 is 0 Å². The number of rotatable bonds is 5. The molecule has 0 radical (unpaired) electrons. The van der Waals surface area contributed by atoms with Gasteiger partial charge in [0.2, 0.25) is 17.6 Å². The molecule has 0 unspecified atom stereocenters. The molecular formula is C31H23N5O2. The van der Waals surface area contributed by atoms with Gasteiger partial charge >= 0.3 is 0 Å². The van der Waals surface area contributed by atoms with Crippen molar-refractivity contribution in [2.24, 2.45) is 0 Å². The lowest BCUT2D eigenvalue weighted by Crippen LogP contribution is -1.98. The summed E-state index contributed by atoms with van der Waals surface area (Å²) in [5, 5.41) is 2.05. The molecule has 0 amide bonds. The highest BCUT2D eigenvalue weighted by Crippen LogP contribution is 2.37. The van der Waals surface area contributed by atoms with Gasteiger partial charge in [-0.2, -0.15) is 4.98 Å². The van der Waals surface area contributed by atoms with E-state index in [-0.39, 0.29) is 0 Å². The van der Waals surface area contributed by atoms with Crippen LogP contribution in [0.4, 0.5) is 0 Å². The van der Waals surface area contributed by atoms with Crippen molar-refractivity contribution < 1.29 is 9.47 Å². The number of hydrogen-bond acceptors (Lipinski definition) is 6. The van der Waals surface area contributed by atoms with Gasteiger partial charge in [0.1, 0.15) is 11.4 Å². The average Bonchev–Trinajstić information content (AvgIpc) is 3.34. The quantitative estimate of drug-likeness (QED) is 0.227. The number of benzene rings is 2. The van der Waals surface area contributed by atoms with Crippen LogP contribution in [0.2, 0.25) is 0 Å². The first kappa shape index (κ1) is 22.2. The van der Waals surface area contributed by atoms with Gasteiger partial charge in [-0.3, -0.25) is 9.38 Å². The van der Waals surface area contributed by atoms with Gasteiger partial charge < -0.3 is 9.47 Å². The Labute approximate surface area is 218 Å². The Morgan fingerprint density at radius 3 is 2.32 bits per heavy atom. The van der Waals surface area contributed by atoms with Gasteiger partial charge in [-0.25, -0.2) is 9.97 Å². The molecule has 7 heteroatoms. The van der Waals surface area contributed by atoms with E-state index in [0.29, 0.717) is 29.3 Å². The van der Waals surface area contributed by atoms with Crippen LogP contribution in [0.5, 0.6) is 23.4 Å². The number of para-hydroxylation sites is 2. The molecule has 0 saturated carbocycles. The van der Waals surface area contributed by atoms with E-state index in [1.54, 1.807) is 30.6 Å². The Morgan fingerprint density at radius 1 is 0.711 bits per heavy atom. The minimum atomic E-state index is 0.331. The number of ether oxygens (including phenoxy) is 2. The third-order valence-electron chi connectivity index (χ3n) is 6.61. The van der Waals surface area contributed by atoms with E-state index >= 15 is 0 Å². The molecule has 184 valence electrons. The van der Waals surface area contributed by atoms with Crippen LogP contribution < -0.4 is 9.47 Å². The second-order valence-electron chi connectivity index (χ2n) is 9.41. The Kier molecular flexibility index (Phi) is 5.14. The van der Waals surface area contributed by atoms with Gasteiger partial charge in [-0.15, -0.1) is 0 Å². The van der Waals surface area contributed by atoms with Crippen molar-refractivity contribution in [3.05, 3.63) is 103 Å². The number of pyridine rings is 4. The van der Waals surface area contributed by atoms with Gasteiger partial charge in [-0.05, 0) is 41.8 Å². The third kappa shape index (κ3) is 3.67. The van der Waals surface area contributed by atoms with Crippen LogP contribution in [0.1, 0.15) is 25.3 Å². The van der Waals surface area contributed by atoms with Crippen molar-refractivity contribution in [1.29, 1.82) is 0 Å². The zero-order valence-electron chi connectivity index (χ0n) is 20.9. The van der Waals surface area contributed by atoms with E-state index in [4.69, 9.17) is 19.4 Å². The molecule has 0 fully saturated rings. The van der Waals surface area contributed by atoms with E-state index in [2.05, 4.69) is 52.5 Å². The molecule has 7 aromatic rings. The maximum absolute atomic E-state index is 6.17. The number of imidazole rings is 1. The first-order chi connectivity index (χ1) is 18.7. The smallest absolute Gasteiger partial charge is 0.224 e. The molecule has 0 aliphatic heterocycles. The molecule has 0 N–H and O–H groups in total. The largest absolute Gasteiger partial charge is 0.437 e. The monoisotopic (exact) mass is 497 g/mol. The molecule has 0 atom stereocenters. The van der Waals surface area contributed by atoms with Gasteiger partial charge in [0.05, 0.1) is 28.3 Å². The lowest BCUT2D eigenvalue weighted by Gasteiger charge is -2.15. The molecule has 0 aliphatic carbocycles. The Balaban J connectivity index is 1.40. The SMILES string of the molecule is CC(C)c1cccc2c1c1ncc(Oc3cccc(Oc4ccccn4)n3)cc1c1nc3ccccc3n21. The average molecular weight is 498 g/mol. The Morgan fingerprint density at radius 2 is 1.47 bits per heavy atom. The number of hydrogen-bond donors (Lipinski definition) is 0. The lowest BCUT2D eigenvalue weighted by atomic mass is 9.96. The second kappa shape index (κ2) is 8.81. The Hall–Kier alpha value is -5.04. The molecule has 0 spiro atoms. The molecule has 0 aliphatic rings.